The van der Waals surface area contributed by atoms with Crippen molar-refractivity contribution >= 4 is 17.5 Å². The van der Waals surface area contributed by atoms with Crippen molar-refractivity contribution in [2.75, 3.05) is 6.54 Å². The van der Waals surface area contributed by atoms with Gasteiger partial charge in [-0.25, -0.2) is 0 Å². The van der Waals surface area contributed by atoms with Crippen LogP contribution in [0.1, 0.15) is 18.1 Å². The molecule has 1 aliphatic heterocycles. The lowest BCUT2D eigenvalue weighted by Gasteiger charge is -2.31. The molecule has 0 radical (unpaired) electrons. The molecule has 22 heavy (non-hydrogen) atoms. The van der Waals surface area contributed by atoms with Crippen LogP contribution in [0.15, 0.2) is 48.5 Å². The highest BCUT2D eigenvalue weighted by molar-refractivity contribution is 6.32. The third-order valence-electron chi connectivity index (χ3n) is 3.93. The molecule has 0 spiro atoms. The van der Waals surface area contributed by atoms with Gasteiger partial charge in [0.15, 0.2) is 6.10 Å². The molecule has 1 aliphatic rings. The van der Waals surface area contributed by atoms with Crippen LogP contribution in [0.2, 0.25) is 5.02 Å². The summed E-state index contributed by atoms with van der Waals surface area (Å²) in [5.41, 5.74) is 2.54. The summed E-state index contributed by atoms with van der Waals surface area (Å²) in [7, 11) is 0. The first-order valence-electron chi connectivity index (χ1n) is 7.42. The van der Waals surface area contributed by atoms with Crippen molar-refractivity contribution in [3.05, 3.63) is 64.7 Å². The molecule has 0 aromatic heterocycles. The Bertz CT molecular complexity index is 686. The standard InChI is InChI=1S/C18H18ClNO2/c1-13(22-17-9-5-4-8-16(17)19)18(21)20-11-10-14-6-2-3-7-15(14)12-20/h2-9,13H,10-12H2,1H3/t13-/m1/s1. The Morgan fingerprint density at radius 3 is 2.59 bits per heavy atom. The second-order valence-corrected chi connectivity index (χ2v) is 5.88. The Kier molecular flexibility index (Phi) is 4.34. The lowest BCUT2D eigenvalue weighted by atomic mass is 9.99. The highest BCUT2D eigenvalue weighted by atomic mass is 35.5. The molecule has 0 saturated carbocycles. The SMILES string of the molecule is C[C@@H](Oc1ccccc1Cl)C(=O)N1CCc2ccccc2C1. The molecule has 1 amide bonds. The van der Waals surface area contributed by atoms with Crippen molar-refractivity contribution in [3.8, 4) is 5.75 Å². The summed E-state index contributed by atoms with van der Waals surface area (Å²) in [6.45, 7) is 3.14. The number of halogens is 1. The summed E-state index contributed by atoms with van der Waals surface area (Å²) in [6, 6.07) is 15.5. The fraction of sp³-hybridized carbons (Fsp3) is 0.278. The molecule has 4 heteroatoms. The fourth-order valence-corrected chi connectivity index (χ4v) is 2.90. The molecule has 0 N–H and O–H groups in total. The van der Waals surface area contributed by atoms with E-state index in [0.29, 0.717) is 17.3 Å². The molecule has 3 nitrogen and oxygen atoms in total. The summed E-state index contributed by atoms with van der Waals surface area (Å²) in [6.07, 6.45) is 0.339. The summed E-state index contributed by atoms with van der Waals surface area (Å²) < 4.78 is 5.72. The number of carbonyl (C=O) groups is 1. The summed E-state index contributed by atoms with van der Waals surface area (Å²) in [5, 5.41) is 0.520. The van der Waals surface area contributed by atoms with E-state index in [4.69, 9.17) is 16.3 Å². The average molecular weight is 316 g/mol. The van der Waals surface area contributed by atoms with Gasteiger partial charge < -0.3 is 9.64 Å². The molecule has 0 unspecified atom stereocenters. The highest BCUT2D eigenvalue weighted by Crippen LogP contribution is 2.25. The van der Waals surface area contributed by atoms with E-state index in [1.54, 1.807) is 19.1 Å². The van der Waals surface area contributed by atoms with Gasteiger partial charge in [-0.15, -0.1) is 0 Å². The van der Waals surface area contributed by atoms with Gasteiger partial charge in [0, 0.05) is 13.1 Å². The van der Waals surface area contributed by atoms with Gasteiger partial charge in [0.2, 0.25) is 0 Å². The first kappa shape index (κ1) is 14.9. The monoisotopic (exact) mass is 315 g/mol. The topological polar surface area (TPSA) is 29.5 Å². The predicted molar refractivity (Wildman–Crippen MR) is 87.1 cm³/mol. The van der Waals surface area contributed by atoms with E-state index in [1.807, 2.05) is 29.2 Å². The lowest BCUT2D eigenvalue weighted by Crippen LogP contribution is -2.43. The molecule has 0 aliphatic carbocycles. The molecule has 1 heterocycles. The number of hydrogen-bond acceptors (Lipinski definition) is 2. The number of carbonyl (C=O) groups excluding carboxylic acids is 1. The first-order chi connectivity index (χ1) is 10.6. The fourth-order valence-electron chi connectivity index (χ4n) is 2.72. The molecule has 0 bridgehead atoms. The molecule has 1 atom stereocenters. The molecule has 3 rings (SSSR count). The zero-order valence-electron chi connectivity index (χ0n) is 12.5. The van der Waals surface area contributed by atoms with Crippen molar-refractivity contribution in [3.63, 3.8) is 0 Å². The lowest BCUT2D eigenvalue weighted by molar-refractivity contribution is -0.138. The van der Waals surface area contributed by atoms with Gasteiger partial charge in [0.25, 0.3) is 5.91 Å². The minimum absolute atomic E-state index is 0.00516. The second-order valence-electron chi connectivity index (χ2n) is 5.47. The van der Waals surface area contributed by atoms with Gasteiger partial charge in [0.05, 0.1) is 5.02 Å². The molecule has 2 aromatic carbocycles. The molecule has 0 fully saturated rings. The average Bonchev–Trinajstić information content (AvgIpc) is 2.55. The molecular formula is C18H18ClNO2. The third-order valence-corrected chi connectivity index (χ3v) is 4.24. The molecule has 114 valence electrons. The van der Waals surface area contributed by atoms with Crippen molar-refractivity contribution in [2.24, 2.45) is 0 Å². The molecular weight excluding hydrogens is 298 g/mol. The smallest absolute Gasteiger partial charge is 0.263 e. The Hall–Kier alpha value is -2.00. The molecule has 0 saturated heterocycles. The van der Waals surface area contributed by atoms with Crippen LogP contribution in [-0.4, -0.2) is 23.5 Å². The van der Waals surface area contributed by atoms with E-state index >= 15 is 0 Å². The Morgan fingerprint density at radius 1 is 1.14 bits per heavy atom. The first-order valence-corrected chi connectivity index (χ1v) is 7.79. The van der Waals surface area contributed by atoms with Crippen molar-refractivity contribution in [1.29, 1.82) is 0 Å². The number of amides is 1. The Morgan fingerprint density at radius 2 is 1.82 bits per heavy atom. The number of para-hydroxylation sites is 1. The van der Waals surface area contributed by atoms with Crippen LogP contribution in [0.3, 0.4) is 0 Å². The van der Waals surface area contributed by atoms with Crippen LogP contribution in [0.25, 0.3) is 0 Å². The maximum absolute atomic E-state index is 12.6. The quantitative estimate of drug-likeness (QED) is 0.864. The van der Waals surface area contributed by atoms with E-state index in [-0.39, 0.29) is 5.91 Å². The predicted octanol–water partition coefficient (Wildman–Crippen LogP) is 3.69. The van der Waals surface area contributed by atoms with E-state index in [2.05, 4.69) is 12.1 Å². The number of rotatable bonds is 3. The van der Waals surface area contributed by atoms with Gasteiger partial charge in [-0.2, -0.15) is 0 Å². The number of ether oxygens (including phenoxy) is 1. The second kappa shape index (κ2) is 6.41. The van der Waals surface area contributed by atoms with E-state index in [0.717, 1.165) is 13.0 Å². The van der Waals surface area contributed by atoms with E-state index < -0.39 is 6.10 Å². The maximum atomic E-state index is 12.6. The normalized spacial score (nSPS) is 15.1. The van der Waals surface area contributed by atoms with Crippen LogP contribution < -0.4 is 4.74 Å². The van der Waals surface area contributed by atoms with Crippen LogP contribution in [0.4, 0.5) is 0 Å². The number of hydrogen-bond donors (Lipinski definition) is 0. The van der Waals surface area contributed by atoms with Crippen LogP contribution in [0.5, 0.6) is 5.75 Å². The maximum Gasteiger partial charge on any atom is 0.263 e. The minimum Gasteiger partial charge on any atom is -0.479 e. The number of fused-ring (bicyclic) bond motifs is 1. The van der Waals surface area contributed by atoms with Gasteiger partial charge in [-0.3, -0.25) is 4.79 Å². The zero-order valence-corrected chi connectivity index (χ0v) is 13.2. The Labute approximate surface area is 135 Å². The van der Waals surface area contributed by atoms with Gasteiger partial charge >= 0.3 is 0 Å². The van der Waals surface area contributed by atoms with E-state index in [9.17, 15) is 4.79 Å². The minimum atomic E-state index is -0.551. The number of nitrogens with zero attached hydrogens (tertiary/aromatic N) is 1. The van der Waals surface area contributed by atoms with E-state index in [1.165, 1.54) is 11.1 Å². The Balaban J connectivity index is 1.68. The number of benzene rings is 2. The van der Waals surface area contributed by atoms with Crippen LogP contribution in [-0.2, 0) is 17.8 Å². The molecule has 2 aromatic rings. The van der Waals surface area contributed by atoms with Crippen molar-refractivity contribution in [1.82, 2.24) is 4.90 Å². The van der Waals surface area contributed by atoms with Crippen LogP contribution >= 0.6 is 11.6 Å². The zero-order chi connectivity index (χ0) is 15.5. The third kappa shape index (κ3) is 3.09. The van der Waals surface area contributed by atoms with Gasteiger partial charge in [0.1, 0.15) is 5.75 Å². The summed E-state index contributed by atoms with van der Waals surface area (Å²) >= 11 is 6.08. The van der Waals surface area contributed by atoms with Gasteiger partial charge in [-0.05, 0) is 36.6 Å². The van der Waals surface area contributed by atoms with Gasteiger partial charge in [-0.1, -0.05) is 48.0 Å². The largest absolute Gasteiger partial charge is 0.479 e. The summed E-state index contributed by atoms with van der Waals surface area (Å²) in [4.78, 5) is 14.4. The highest BCUT2D eigenvalue weighted by Gasteiger charge is 2.26. The van der Waals surface area contributed by atoms with Crippen LogP contribution in [0, 0.1) is 0 Å². The van der Waals surface area contributed by atoms with Crippen molar-refractivity contribution in [2.45, 2.75) is 26.0 Å². The summed E-state index contributed by atoms with van der Waals surface area (Å²) in [5.74, 6) is 0.539. The van der Waals surface area contributed by atoms with Crippen molar-refractivity contribution < 1.29 is 9.53 Å².